The second-order valence-electron chi connectivity index (χ2n) is 6.99. The molecule has 0 bridgehead atoms. The van der Waals surface area contributed by atoms with Gasteiger partial charge in [0, 0.05) is 31.0 Å². The summed E-state index contributed by atoms with van der Waals surface area (Å²) in [7, 11) is 0. The number of likely N-dealkylation sites (tertiary alicyclic amines) is 1. The van der Waals surface area contributed by atoms with Gasteiger partial charge in [-0.3, -0.25) is 9.59 Å². The largest absolute Gasteiger partial charge is 0.342 e. The van der Waals surface area contributed by atoms with E-state index in [0.717, 1.165) is 5.75 Å². The van der Waals surface area contributed by atoms with Crippen molar-refractivity contribution in [1.29, 1.82) is 0 Å². The normalized spacial score (nSPS) is 14.7. The van der Waals surface area contributed by atoms with Crippen LogP contribution in [-0.2, 0) is 15.3 Å². The summed E-state index contributed by atoms with van der Waals surface area (Å²) >= 11 is 7.44. The lowest BCUT2D eigenvalue weighted by atomic mass is 9.96. The van der Waals surface area contributed by atoms with Crippen LogP contribution in [-0.4, -0.2) is 40.5 Å². The lowest BCUT2D eigenvalue weighted by molar-refractivity contribution is -0.132. The summed E-state index contributed by atoms with van der Waals surface area (Å²) in [5.41, 5.74) is 2.47. The third kappa shape index (κ3) is 5.97. The van der Waals surface area contributed by atoms with Gasteiger partial charge < -0.3 is 10.2 Å². The average Bonchev–Trinajstić information content (AvgIpc) is 2.70. The molecule has 148 valence electrons. The van der Waals surface area contributed by atoms with E-state index in [0.29, 0.717) is 42.5 Å². The van der Waals surface area contributed by atoms with Crippen LogP contribution < -0.4 is 5.32 Å². The minimum Gasteiger partial charge on any atom is -0.342 e. The van der Waals surface area contributed by atoms with Gasteiger partial charge in [0.05, 0.1) is 10.8 Å². The van der Waals surface area contributed by atoms with Crippen molar-refractivity contribution in [3.63, 3.8) is 0 Å². The van der Waals surface area contributed by atoms with E-state index in [1.807, 2.05) is 11.0 Å². The summed E-state index contributed by atoms with van der Waals surface area (Å²) in [6, 6.07) is 11.7. The lowest BCUT2D eigenvalue weighted by Crippen LogP contribution is -2.42. The molecule has 7 heteroatoms. The Labute approximate surface area is 174 Å². The first-order valence-corrected chi connectivity index (χ1v) is 10.9. The van der Waals surface area contributed by atoms with E-state index in [1.165, 1.54) is 17.3 Å². The molecule has 2 amide bonds. The van der Waals surface area contributed by atoms with Gasteiger partial charge in [-0.2, -0.15) is 0 Å². The number of aryl methyl sites for hydroxylation is 1. The van der Waals surface area contributed by atoms with Crippen molar-refractivity contribution < 1.29 is 9.59 Å². The van der Waals surface area contributed by atoms with Crippen molar-refractivity contribution in [2.24, 2.45) is 5.92 Å². The molecule has 1 saturated heterocycles. The van der Waals surface area contributed by atoms with Gasteiger partial charge in [0.25, 0.3) is 0 Å². The number of anilines is 1. The fourth-order valence-electron chi connectivity index (χ4n) is 3.22. The second-order valence-corrected chi connectivity index (χ2v) is 8.41. The SMILES string of the molecule is Cc1cccc(CSCC(=O)N2CCC(C(=O)Nc3ccc(Cl)cn3)CC2)c1. The van der Waals surface area contributed by atoms with Crippen LogP contribution in [0.3, 0.4) is 0 Å². The number of nitrogens with one attached hydrogen (secondary N) is 1. The Kier molecular flexibility index (Phi) is 7.34. The number of hydrogen-bond donors (Lipinski definition) is 1. The van der Waals surface area contributed by atoms with Crippen molar-refractivity contribution in [2.45, 2.75) is 25.5 Å². The van der Waals surface area contributed by atoms with E-state index in [-0.39, 0.29) is 17.7 Å². The first kappa shape index (κ1) is 20.7. The monoisotopic (exact) mass is 417 g/mol. The lowest BCUT2D eigenvalue weighted by Gasteiger charge is -2.31. The number of halogens is 1. The molecule has 1 aliphatic heterocycles. The summed E-state index contributed by atoms with van der Waals surface area (Å²) in [5, 5.41) is 3.36. The predicted octanol–water partition coefficient (Wildman–Crippen LogP) is 4.15. The highest BCUT2D eigenvalue weighted by Gasteiger charge is 2.27. The standard InChI is InChI=1S/C21H24ClN3O2S/c1-15-3-2-4-16(11-15)13-28-14-20(26)25-9-7-17(8-10-25)21(27)24-19-6-5-18(22)12-23-19/h2-6,11-12,17H,7-10,13-14H2,1H3,(H,23,24,27). The van der Waals surface area contributed by atoms with Gasteiger partial charge >= 0.3 is 0 Å². The molecule has 0 radical (unpaired) electrons. The molecule has 5 nitrogen and oxygen atoms in total. The first-order chi connectivity index (χ1) is 13.5. The minimum atomic E-state index is -0.0959. The molecular formula is C21H24ClN3O2S. The second kappa shape index (κ2) is 9.94. The summed E-state index contributed by atoms with van der Waals surface area (Å²) in [6.45, 7) is 3.31. The average molecular weight is 418 g/mol. The van der Waals surface area contributed by atoms with Crippen LogP contribution >= 0.6 is 23.4 Å². The molecule has 0 unspecified atom stereocenters. The number of pyridine rings is 1. The topological polar surface area (TPSA) is 62.3 Å². The molecule has 3 rings (SSSR count). The number of amides is 2. The Morgan fingerprint density at radius 2 is 2.04 bits per heavy atom. The van der Waals surface area contributed by atoms with Gasteiger partial charge in [-0.25, -0.2) is 4.98 Å². The van der Waals surface area contributed by atoms with Crippen molar-refractivity contribution >= 4 is 41.0 Å². The van der Waals surface area contributed by atoms with Gasteiger partial charge in [0.15, 0.2) is 0 Å². The molecule has 1 aliphatic rings. The maximum Gasteiger partial charge on any atom is 0.232 e. The highest BCUT2D eigenvalue weighted by atomic mass is 35.5. The Morgan fingerprint density at radius 1 is 1.25 bits per heavy atom. The molecule has 1 N–H and O–H groups in total. The fourth-order valence-corrected chi connectivity index (χ4v) is 4.20. The molecule has 1 fully saturated rings. The summed E-state index contributed by atoms with van der Waals surface area (Å²) < 4.78 is 0. The molecule has 0 atom stereocenters. The number of rotatable bonds is 6. The maximum absolute atomic E-state index is 12.4. The molecule has 2 aromatic rings. The Morgan fingerprint density at radius 3 is 2.71 bits per heavy atom. The van der Waals surface area contributed by atoms with Crippen molar-refractivity contribution in [1.82, 2.24) is 9.88 Å². The summed E-state index contributed by atoms with van der Waals surface area (Å²) in [4.78, 5) is 30.8. The summed E-state index contributed by atoms with van der Waals surface area (Å²) in [5.74, 6) is 1.81. The van der Waals surface area contributed by atoms with Crippen LogP contribution in [0.1, 0.15) is 24.0 Å². The van der Waals surface area contributed by atoms with Crippen LogP contribution in [0, 0.1) is 12.8 Å². The third-order valence-electron chi connectivity index (χ3n) is 4.77. The first-order valence-electron chi connectivity index (χ1n) is 9.35. The van der Waals surface area contributed by atoms with Gasteiger partial charge in [-0.15, -0.1) is 11.8 Å². The number of aromatic nitrogens is 1. The molecule has 28 heavy (non-hydrogen) atoms. The zero-order valence-corrected chi connectivity index (χ0v) is 17.4. The quantitative estimate of drug-likeness (QED) is 0.766. The highest BCUT2D eigenvalue weighted by molar-refractivity contribution is 7.99. The van der Waals surface area contributed by atoms with E-state index >= 15 is 0 Å². The van der Waals surface area contributed by atoms with Gasteiger partial charge in [0.1, 0.15) is 5.82 Å². The van der Waals surface area contributed by atoms with Crippen LogP contribution in [0.4, 0.5) is 5.82 Å². The van der Waals surface area contributed by atoms with E-state index in [2.05, 4.69) is 35.4 Å². The Bertz CT molecular complexity index is 821. The van der Waals surface area contributed by atoms with Crippen molar-refractivity contribution in [2.75, 3.05) is 24.2 Å². The third-order valence-corrected chi connectivity index (χ3v) is 5.99. The maximum atomic E-state index is 12.4. The van der Waals surface area contributed by atoms with E-state index in [1.54, 1.807) is 23.9 Å². The number of hydrogen-bond acceptors (Lipinski definition) is 4. The zero-order chi connectivity index (χ0) is 19.9. The number of carbonyl (C=O) groups is 2. The van der Waals surface area contributed by atoms with Gasteiger partial charge in [-0.05, 0) is 37.5 Å². The summed E-state index contributed by atoms with van der Waals surface area (Å²) in [6.07, 6.45) is 2.86. The van der Waals surface area contributed by atoms with E-state index in [9.17, 15) is 9.59 Å². The number of thioether (sulfide) groups is 1. The number of carbonyl (C=O) groups excluding carboxylic acids is 2. The zero-order valence-electron chi connectivity index (χ0n) is 15.9. The van der Waals surface area contributed by atoms with Gasteiger partial charge in [0.2, 0.25) is 11.8 Å². The fraction of sp³-hybridized carbons (Fsp3) is 0.381. The molecule has 1 aromatic carbocycles. The number of piperidine rings is 1. The van der Waals surface area contributed by atoms with Crippen molar-refractivity contribution in [3.05, 3.63) is 58.7 Å². The van der Waals surface area contributed by atoms with Crippen LogP contribution in [0.2, 0.25) is 5.02 Å². The smallest absolute Gasteiger partial charge is 0.232 e. The van der Waals surface area contributed by atoms with Crippen molar-refractivity contribution in [3.8, 4) is 0 Å². The Hall–Kier alpha value is -2.05. The molecule has 0 spiro atoms. The molecule has 1 aromatic heterocycles. The van der Waals surface area contributed by atoms with Gasteiger partial charge in [-0.1, -0.05) is 41.4 Å². The molecular weight excluding hydrogens is 394 g/mol. The van der Waals surface area contributed by atoms with E-state index in [4.69, 9.17) is 11.6 Å². The van der Waals surface area contributed by atoms with Crippen LogP contribution in [0.25, 0.3) is 0 Å². The molecule has 0 aliphatic carbocycles. The molecule has 0 saturated carbocycles. The Balaban J connectivity index is 1.39. The van der Waals surface area contributed by atoms with Crippen LogP contribution in [0.5, 0.6) is 0 Å². The van der Waals surface area contributed by atoms with Crippen LogP contribution in [0.15, 0.2) is 42.6 Å². The number of benzene rings is 1. The predicted molar refractivity (Wildman–Crippen MR) is 115 cm³/mol. The number of nitrogens with zero attached hydrogens (tertiary/aromatic N) is 2. The van der Waals surface area contributed by atoms with E-state index < -0.39 is 0 Å². The highest BCUT2D eigenvalue weighted by Crippen LogP contribution is 2.21. The molecule has 2 heterocycles. The minimum absolute atomic E-state index is 0.0456.